The number of aromatic carboxylic acids is 1. The monoisotopic (exact) mass is 228 g/mol. The second-order valence-corrected chi connectivity index (χ2v) is 4.68. The average molecular weight is 228 g/mol. The van der Waals surface area contributed by atoms with Crippen LogP contribution in [0.5, 0.6) is 0 Å². The Kier molecular flexibility index (Phi) is 2.62. The second-order valence-electron chi connectivity index (χ2n) is 3.82. The van der Waals surface area contributed by atoms with Crippen LogP contribution in [0.25, 0.3) is 0 Å². The third kappa shape index (κ3) is 2.10. The van der Waals surface area contributed by atoms with Crippen molar-refractivity contribution >= 4 is 22.3 Å². The maximum atomic E-state index is 10.8. The molecule has 1 unspecified atom stereocenters. The van der Waals surface area contributed by atoms with E-state index >= 15 is 0 Å². The summed E-state index contributed by atoms with van der Waals surface area (Å²) in [6, 6.07) is 0. The van der Waals surface area contributed by atoms with Crippen molar-refractivity contribution in [3.8, 4) is 0 Å². The number of anilines is 1. The zero-order chi connectivity index (χ0) is 10.9. The summed E-state index contributed by atoms with van der Waals surface area (Å²) in [5.74, 6) is -0.999. The SMILES string of the molecule is CC1(Nc2scnc2C(=O)O)CCOC1. The third-order valence-electron chi connectivity index (χ3n) is 2.40. The molecule has 1 aromatic rings. The van der Waals surface area contributed by atoms with Crippen LogP contribution in [-0.4, -0.2) is 34.8 Å². The van der Waals surface area contributed by atoms with E-state index in [1.165, 1.54) is 16.8 Å². The summed E-state index contributed by atoms with van der Waals surface area (Å²) < 4.78 is 5.28. The molecule has 2 N–H and O–H groups in total. The molecule has 1 aliphatic rings. The van der Waals surface area contributed by atoms with Crippen molar-refractivity contribution < 1.29 is 14.6 Å². The van der Waals surface area contributed by atoms with Crippen molar-refractivity contribution in [2.45, 2.75) is 18.9 Å². The molecule has 2 heterocycles. The van der Waals surface area contributed by atoms with Gasteiger partial charge in [0.25, 0.3) is 0 Å². The van der Waals surface area contributed by atoms with Gasteiger partial charge in [0.15, 0.2) is 5.69 Å². The van der Waals surface area contributed by atoms with Crippen molar-refractivity contribution in [3.63, 3.8) is 0 Å². The molecule has 82 valence electrons. The van der Waals surface area contributed by atoms with E-state index in [2.05, 4.69) is 10.3 Å². The summed E-state index contributed by atoms with van der Waals surface area (Å²) in [6.45, 7) is 3.33. The van der Waals surface area contributed by atoms with Crippen LogP contribution >= 0.6 is 11.3 Å². The fraction of sp³-hybridized carbons (Fsp3) is 0.556. The maximum absolute atomic E-state index is 10.8. The predicted octanol–water partition coefficient (Wildman–Crippen LogP) is 1.43. The highest BCUT2D eigenvalue weighted by molar-refractivity contribution is 7.14. The molecule has 1 fully saturated rings. The molecule has 0 radical (unpaired) electrons. The summed E-state index contributed by atoms with van der Waals surface area (Å²) in [6.07, 6.45) is 0.879. The molecular formula is C9H12N2O3S. The number of carbonyl (C=O) groups is 1. The van der Waals surface area contributed by atoms with Gasteiger partial charge in [-0.05, 0) is 13.3 Å². The van der Waals surface area contributed by atoms with Gasteiger partial charge in [-0.15, -0.1) is 11.3 Å². The predicted molar refractivity (Wildman–Crippen MR) is 56.5 cm³/mol. The minimum atomic E-state index is -0.999. The van der Waals surface area contributed by atoms with Crippen molar-refractivity contribution in [3.05, 3.63) is 11.2 Å². The first kappa shape index (κ1) is 10.4. The normalized spacial score (nSPS) is 25.4. The Hall–Kier alpha value is -1.14. The highest BCUT2D eigenvalue weighted by Crippen LogP contribution is 2.28. The molecule has 1 saturated heterocycles. The van der Waals surface area contributed by atoms with E-state index < -0.39 is 5.97 Å². The van der Waals surface area contributed by atoms with E-state index in [-0.39, 0.29) is 11.2 Å². The van der Waals surface area contributed by atoms with E-state index in [4.69, 9.17) is 9.84 Å². The number of thiazole rings is 1. The zero-order valence-electron chi connectivity index (χ0n) is 8.32. The number of rotatable bonds is 3. The Balaban J connectivity index is 2.16. The first-order valence-electron chi connectivity index (χ1n) is 4.63. The smallest absolute Gasteiger partial charge is 0.357 e. The molecule has 0 amide bonds. The van der Waals surface area contributed by atoms with Crippen LogP contribution < -0.4 is 5.32 Å². The van der Waals surface area contributed by atoms with Crippen LogP contribution in [0.2, 0.25) is 0 Å². The van der Waals surface area contributed by atoms with Gasteiger partial charge in [0, 0.05) is 6.61 Å². The van der Waals surface area contributed by atoms with Gasteiger partial charge in [-0.2, -0.15) is 0 Å². The number of ether oxygens (including phenoxy) is 1. The van der Waals surface area contributed by atoms with Crippen molar-refractivity contribution in [2.24, 2.45) is 0 Å². The summed E-state index contributed by atoms with van der Waals surface area (Å²) in [5.41, 5.74) is 1.45. The fourth-order valence-electron chi connectivity index (χ4n) is 1.53. The molecule has 1 aliphatic heterocycles. The third-order valence-corrected chi connectivity index (χ3v) is 3.15. The van der Waals surface area contributed by atoms with Gasteiger partial charge >= 0.3 is 5.97 Å². The second kappa shape index (κ2) is 3.79. The van der Waals surface area contributed by atoms with Gasteiger partial charge in [0.2, 0.25) is 0 Å². The van der Waals surface area contributed by atoms with Crippen molar-refractivity contribution in [1.29, 1.82) is 0 Å². The molecular weight excluding hydrogens is 216 g/mol. The average Bonchev–Trinajstić information content (AvgIpc) is 2.75. The molecule has 0 aliphatic carbocycles. The quantitative estimate of drug-likeness (QED) is 0.819. The number of hydrogen-bond acceptors (Lipinski definition) is 5. The first-order valence-corrected chi connectivity index (χ1v) is 5.51. The topological polar surface area (TPSA) is 71.5 Å². The largest absolute Gasteiger partial charge is 0.476 e. The van der Waals surface area contributed by atoms with E-state index in [1.807, 2.05) is 6.92 Å². The van der Waals surface area contributed by atoms with Crippen LogP contribution in [0.15, 0.2) is 5.51 Å². The van der Waals surface area contributed by atoms with Gasteiger partial charge in [-0.1, -0.05) is 0 Å². The number of nitrogens with zero attached hydrogens (tertiary/aromatic N) is 1. The first-order chi connectivity index (χ1) is 7.11. The van der Waals surface area contributed by atoms with Gasteiger partial charge < -0.3 is 15.2 Å². The van der Waals surface area contributed by atoms with E-state index in [0.29, 0.717) is 18.2 Å². The van der Waals surface area contributed by atoms with E-state index in [0.717, 1.165) is 6.42 Å². The Bertz CT molecular complexity index is 371. The lowest BCUT2D eigenvalue weighted by Gasteiger charge is -2.23. The van der Waals surface area contributed by atoms with E-state index in [9.17, 15) is 4.79 Å². The molecule has 5 nitrogen and oxygen atoms in total. The lowest BCUT2D eigenvalue weighted by Crippen LogP contribution is -2.35. The van der Waals surface area contributed by atoms with Crippen molar-refractivity contribution in [1.82, 2.24) is 4.98 Å². The molecule has 1 aromatic heterocycles. The fourth-order valence-corrected chi connectivity index (χ4v) is 2.35. The molecule has 0 saturated carbocycles. The molecule has 1 atom stereocenters. The lowest BCUT2D eigenvalue weighted by atomic mass is 10.0. The molecule has 0 aromatic carbocycles. The van der Waals surface area contributed by atoms with Crippen molar-refractivity contribution in [2.75, 3.05) is 18.5 Å². The Morgan fingerprint density at radius 2 is 2.60 bits per heavy atom. The van der Waals surface area contributed by atoms with Crippen LogP contribution in [0.1, 0.15) is 23.8 Å². The van der Waals surface area contributed by atoms with Gasteiger partial charge in [-0.25, -0.2) is 9.78 Å². The number of aromatic nitrogens is 1. The highest BCUT2D eigenvalue weighted by Gasteiger charge is 2.31. The Morgan fingerprint density at radius 1 is 1.80 bits per heavy atom. The number of carboxylic acids is 1. The van der Waals surface area contributed by atoms with Crippen LogP contribution in [0, 0.1) is 0 Å². The number of carboxylic acid groups (broad SMARTS) is 1. The number of nitrogens with one attached hydrogen (secondary N) is 1. The van der Waals surface area contributed by atoms with Crippen LogP contribution in [-0.2, 0) is 4.74 Å². The molecule has 2 rings (SSSR count). The summed E-state index contributed by atoms with van der Waals surface area (Å²) in [7, 11) is 0. The maximum Gasteiger partial charge on any atom is 0.357 e. The zero-order valence-corrected chi connectivity index (χ0v) is 9.13. The Morgan fingerprint density at radius 3 is 3.20 bits per heavy atom. The summed E-state index contributed by atoms with van der Waals surface area (Å²) >= 11 is 1.30. The minimum absolute atomic E-state index is 0.0909. The van der Waals surface area contributed by atoms with E-state index in [1.54, 1.807) is 0 Å². The van der Waals surface area contributed by atoms with Crippen LogP contribution in [0.3, 0.4) is 0 Å². The summed E-state index contributed by atoms with van der Waals surface area (Å²) in [4.78, 5) is 14.6. The van der Waals surface area contributed by atoms with Crippen LogP contribution in [0.4, 0.5) is 5.00 Å². The summed E-state index contributed by atoms with van der Waals surface area (Å²) in [5, 5.41) is 12.7. The van der Waals surface area contributed by atoms with Gasteiger partial charge in [0.05, 0.1) is 17.7 Å². The minimum Gasteiger partial charge on any atom is -0.476 e. The standard InChI is InChI=1S/C9H12N2O3S/c1-9(2-3-14-4-9)11-7-6(8(12)13)10-5-15-7/h5,11H,2-4H2,1H3,(H,12,13). The number of hydrogen-bond donors (Lipinski definition) is 2. The molecule has 15 heavy (non-hydrogen) atoms. The molecule has 6 heteroatoms. The Labute approximate surface area is 91.1 Å². The highest BCUT2D eigenvalue weighted by atomic mass is 32.1. The molecule has 0 bridgehead atoms. The molecule has 0 spiro atoms. The lowest BCUT2D eigenvalue weighted by molar-refractivity contribution is 0.0692. The van der Waals surface area contributed by atoms with Gasteiger partial charge in [0.1, 0.15) is 5.00 Å². The van der Waals surface area contributed by atoms with Gasteiger partial charge in [-0.3, -0.25) is 0 Å².